The Kier molecular flexibility index (Phi) is 4.23. The summed E-state index contributed by atoms with van der Waals surface area (Å²) in [6, 6.07) is 6.52. The molecule has 0 aliphatic rings. The van der Waals surface area contributed by atoms with E-state index in [1.807, 2.05) is 6.07 Å². The quantitative estimate of drug-likeness (QED) is 0.636. The van der Waals surface area contributed by atoms with E-state index in [-0.39, 0.29) is 11.2 Å². The second kappa shape index (κ2) is 5.23. The van der Waals surface area contributed by atoms with E-state index >= 15 is 0 Å². The molecule has 1 rings (SSSR count). The summed E-state index contributed by atoms with van der Waals surface area (Å²) in [5.74, 6) is -0.209. The molecule has 0 radical (unpaired) electrons. The average molecular weight is 201 g/mol. The number of hydrogen-bond donors (Lipinski definition) is 0. The fraction of sp³-hybridized carbons (Fsp3) is 0.455. The van der Waals surface area contributed by atoms with Crippen LogP contribution in [0.1, 0.15) is 37.1 Å². The Hall–Kier alpha value is -0.560. The molecule has 0 saturated carbocycles. The van der Waals surface area contributed by atoms with Crippen LogP contribution in [-0.2, 0) is 0 Å². The topological polar surface area (TPSA) is 0 Å². The van der Waals surface area contributed by atoms with Crippen LogP contribution in [0.5, 0.6) is 0 Å². The van der Waals surface area contributed by atoms with Crippen molar-refractivity contribution in [2.24, 2.45) is 0 Å². The van der Waals surface area contributed by atoms with E-state index in [4.69, 9.17) is 11.6 Å². The third-order valence-corrected chi connectivity index (χ3v) is 2.49. The minimum absolute atomic E-state index is 0.0457. The third-order valence-electron chi connectivity index (χ3n) is 2.02. The minimum atomic E-state index is -0.209. The van der Waals surface area contributed by atoms with Crippen LogP contribution in [0, 0.1) is 5.82 Å². The molecule has 0 spiro atoms. The predicted octanol–water partition coefficient (Wildman–Crippen LogP) is 4.30. The standard InChI is InChI=1S/C11H14ClF/c1-2-3-7-11(12)9-5-4-6-10(13)8-9/h4-6,8,11H,2-3,7H2,1H3. The van der Waals surface area contributed by atoms with Crippen molar-refractivity contribution in [3.8, 4) is 0 Å². The summed E-state index contributed by atoms with van der Waals surface area (Å²) in [5.41, 5.74) is 0.884. The SMILES string of the molecule is CCCCC(Cl)c1cccc(F)c1. The van der Waals surface area contributed by atoms with Crippen LogP contribution in [0.15, 0.2) is 24.3 Å². The zero-order chi connectivity index (χ0) is 9.68. The van der Waals surface area contributed by atoms with E-state index < -0.39 is 0 Å². The van der Waals surface area contributed by atoms with Crippen LogP contribution in [0.3, 0.4) is 0 Å². The average Bonchev–Trinajstić information content (AvgIpc) is 2.14. The lowest BCUT2D eigenvalue weighted by molar-refractivity contribution is 0.622. The highest BCUT2D eigenvalue weighted by Gasteiger charge is 2.07. The van der Waals surface area contributed by atoms with Gasteiger partial charge < -0.3 is 0 Å². The molecule has 72 valence electrons. The summed E-state index contributed by atoms with van der Waals surface area (Å²) in [5, 5.41) is -0.0457. The van der Waals surface area contributed by atoms with Gasteiger partial charge in [0, 0.05) is 0 Å². The van der Waals surface area contributed by atoms with Crippen molar-refractivity contribution in [1.29, 1.82) is 0 Å². The molecule has 0 fully saturated rings. The normalized spacial score (nSPS) is 12.8. The maximum absolute atomic E-state index is 12.8. The van der Waals surface area contributed by atoms with E-state index in [9.17, 15) is 4.39 Å². The molecule has 0 aromatic heterocycles. The van der Waals surface area contributed by atoms with Crippen LogP contribution in [0.2, 0.25) is 0 Å². The van der Waals surface area contributed by atoms with E-state index in [0.29, 0.717) is 0 Å². The number of halogens is 2. The maximum atomic E-state index is 12.8. The van der Waals surface area contributed by atoms with Gasteiger partial charge in [-0.05, 0) is 24.1 Å². The largest absolute Gasteiger partial charge is 0.207 e. The van der Waals surface area contributed by atoms with Gasteiger partial charge >= 0.3 is 0 Å². The van der Waals surface area contributed by atoms with Crippen molar-refractivity contribution in [3.63, 3.8) is 0 Å². The van der Waals surface area contributed by atoms with Gasteiger partial charge in [-0.3, -0.25) is 0 Å². The lowest BCUT2D eigenvalue weighted by Crippen LogP contribution is -1.91. The zero-order valence-electron chi connectivity index (χ0n) is 7.76. The highest BCUT2D eigenvalue weighted by molar-refractivity contribution is 6.20. The van der Waals surface area contributed by atoms with E-state index in [0.717, 1.165) is 24.8 Å². The Morgan fingerprint density at radius 2 is 2.23 bits per heavy atom. The fourth-order valence-corrected chi connectivity index (χ4v) is 1.54. The van der Waals surface area contributed by atoms with Crippen LogP contribution in [0.25, 0.3) is 0 Å². The number of benzene rings is 1. The molecule has 0 amide bonds. The molecule has 2 heteroatoms. The maximum Gasteiger partial charge on any atom is 0.123 e. The second-order valence-corrected chi connectivity index (χ2v) is 3.69. The van der Waals surface area contributed by atoms with Crippen molar-refractivity contribution in [1.82, 2.24) is 0 Å². The molecule has 0 N–H and O–H groups in total. The van der Waals surface area contributed by atoms with Crippen molar-refractivity contribution in [2.45, 2.75) is 31.6 Å². The highest BCUT2D eigenvalue weighted by Crippen LogP contribution is 2.26. The van der Waals surface area contributed by atoms with Gasteiger partial charge in [0.05, 0.1) is 5.38 Å². The van der Waals surface area contributed by atoms with E-state index in [2.05, 4.69) is 6.92 Å². The zero-order valence-corrected chi connectivity index (χ0v) is 8.52. The predicted molar refractivity (Wildman–Crippen MR) is 54.5 cm³/mol. The molecule has 1 aromatic carbocycles. The highest BCUT2D eigenvalue weighted by atomic mass is 35.5. The first-order valence-corrected chi connectivity index (χ1v) is 5.07. The molecule has 0 heterocycles. The van der Waals surface area contributed by atoms with Crippen LogP contribution in [0.4, 0.5) is 4.39 Å². The van der Waals surface area contributed by atoms with Crippen molar-refractivity contribution in [2.75, 3.05) is 0 Å². The van der Waals surface area contributed by atoms with Gasteiger partial charge in [-0.25, -0.2) is 4.39 Å². The lowest BCUT2D eigenvalue weighted by Gasteiger charge is -2.08. The first-order chi connectivity index (χ1) is 6.24. The van der Waals surface area contributed by atoms with E-state index in [1.165, 1.54) is 12.1 Å². The van der Waals surface area contributed by atoms with Gasteiger partial charge in [0.15, 0.2) is 0 Å². The van der Waals surface area contributed by atoms with Crippen LogP contribution in [-0.4, -0.2) is 0 Å². The van der Waals surface area contributed by atoms with Gasteiger partial charge in [-0.2, -0.15) is 0 Å². The van der Waals surface area contributed by atoms with Gasteiger partial charge in [-0.15, -0.1) is 11.6 Å². The molecule has 1 aromatic rings. The monoisotopic (exact) mass is 200 g/mol. The Labute approximate surface area is 83.7 Å². The molecule has 0 bridgehead atoms. The fourth-order valence-electron chi connectivity index (χ4n) is 1.25. The first-order valence-electron chi connectivity index (χ1n) is 4.63. The summed E-state index contributed by atoms with van der Waals surface area (Å²) in [6.45, 7) is 2.12. The Bertz CT molecular complexity index is 260. The number of alkyl halides is 1. The van der Waals surface area contributed by atoms with Crippen molar-refractivity contribution in [3.05, 3.63) is 35.6 Å². The van der Waals surface area contributed by atoms with Crippen molar-refractivity contribution < 1.29 is 4.39 Å². The molecule has 1 atom stereocenters. The molecule has 0 saturated heterocycles. The summed E-state index contributed by atoms with van der Waals surface area (Å²) in [4.78, 5) is 0. The molecule has 0 nitrogen and oxygen atoms in total. The van der Waals surface area contributed by atoms with Crippen LogP contribution >= 0.6 is 11.6 Å². The Balaban J connectivity index is 2.60. The first kappa shape index (κ1) is 10.5. The Morgan fingerprint density at radius 3 is 2.85 bits per heavy atom. The summed E-state index contributed by atoms with van der Waals surface area (Å²) in [7, 11) is 0. The molecule has 0 aliphatic carbocycles. The molecule has 13 heavy (non-hydrogen) atoms. The number of rotatable bonds is 4. The molecular formula is C11H14ClF. The third kappa shape index (κ3) is 3.35. The number of hydrogen-bond acceptors (Lipinski definition) is 0. The number of unbranched alkanes of at least 4 members (excludes halogenated alkanes) is 1. The Morgan fingerprint density at radius 1 is 1.46 bits per heavy atom. The van der Waals surface area contributed by atoms with Gasteiger partial charge in [-0.1, -0.05) is 31.9 Å². The smallest absolute Gasteiger partial charge is 0.123 e. The van der Waals surface area contributed by atoms with Gasteiger partial charge in [0.2, 0.25) is 0 Å². The second-order valence-electron chi connectivity index (χ2n) is 3.16. The summed E-state index contributed by atoms with van der Waals surface area (Å²) in [6.07, 6.45) is 3.13. The van der Waals surface area contributed by atoms with Gasteiger partial charge in [0.1, 0.15) is 5.82 Å². The van der Waals surface area contributed by atoms with E-state index in [1.54, 1.807) is 6.07 Å². The van der Waals surface area contributed by atoms with Gasteiger partial charge in [0.25, 0.3) is 0 Å². The van der Waals surface area contributed by atoms with Crippen LogP contribution < -0.4 is 0 Å². The molecular weight excluding hydrogens is 187 g/mol. The summed E-state index contributed by atoms with van der Waals surface area (Å²) < 4.78 is 12.8. The minimum Gasteiger partial charge on any atom is -0.207 e. The molecule has 0 aliphatic heterocycles. The summed E-state index contributed by atoms with van der Waals surface area (Å²) >= 11 is 6.09. The molecule has 1 unspecified atom stereocenters. The van der Waals surface area contributed by atoms with Crippen molar-refractivity contribution >= 4 is 11.6 Å². The lowest BCUT2D eigenvalue weighted by atomic mass is 10.1.